The lowest BCUT2D eigenvalue weighted by Gasteiger charge is -2.46. The monoisotopic (exact) mass is 487 g/mol. The molecular weight excluding hydrogens is 462 g/mol. The van der Waals surface area contributed by atoms with Gasteiger partial charge in [0, 0.05) is 16.9 Å². The number of nitrogens with zero attached hydrogens (tertiary/aromatic N) is 1. The fourth-order valence-corrected chi connectivity index (χ4v) is 6.05. The quantitative estimate of drug-likeness (QED) is 0.484. The number of amides is 2. The van der Waals surface area contributed by atoms with Gasteiger partial charge in [0.1, 0.15) is 11.5 Å². The van der Waals surface area contributed by atoms with Crippen molar-refractivity contribution in [3.63, 3.8) is 0 Å². The summed E-state index contributed by atoms with van der Waals surface area (Å²) in [6.07, 6.45) is -0.625. The highest BCUT2D eigenvalue weighted by atomic mass is 32.2. The zero-order valence-corrected chi connectivity index (χ0v) is 20.0. The minimum Gasteiger partial charge on any atom is -0.357 e. The Hall–Kier alpha value is -2.97. The molecule has 2 saturated heterocycles. The number of fused-ring (bicyclic) bond motifs is 2. The standard InChI is InChI=1S/C28H25NO5S/c1-17-11-13-19(14-12-17)35-28-22(29-25(30)20-9-5-6-10-21(20)26(29)31)15-23-24(34-28)16-32-27(33-23)18-7-3-2-4-8-18/h2-14,22-24,27-28H,15-16H2,1H3/t22-,23+,24-,27?,28?/m1/s1. The Labute approximate surface area is 208 Å². The molecule has 3 aliphatic rings. The van der Waals surface area contributed by atoms with Crippen LogP contribution in [-0.4, -0.2) is 47.0 Å². The van der Waals surface area contributed by atoms with Gasteiger partial charge in [-0.2, -0.15) is 0 Å². The van der Waals surface area contributed by atoms with Crippen LogP contribution < -0.4 is 0 Å². The van der Waals surface area contributed by atoms with E-state index >= 15 is 0 Å². The number of carbonyl (C=O) groups excluding carboxylic acids is 2. The van der Waals surface area contributed by atoms with Gasteiger partial charge in [0.2, 0.25) is 0 Å². The lowest BCUT2D eigenvalue weighted by atomic mass is 9.99. The molecule has 7 heteroatoms. The number of hydrogen-bond donors (Lipinski definition) is 0. The normalized spacial score (nSPS) is 28.0. The van der Waals surface area contributed by atoms with E-state index in [1.54, 1.807) is 24.3 Å². The molecule has 3 aromatic carbocycles. The first-order valence-corrected chi connectivity index (χ1v) is 12.6. The molecule has 6 nitrogen and oxygen atoms in total. The van der Waals surface area contributed by atoms with E-state index in [0.29, 0.717) is 24.2 Å². The molecule has 0 N–H and O–H groups in total. The van der Waals surface area contributed by atoms with Gasteiger partial charge in [0.15, 0.2) is 6.29 Å². The maximum absolute atomic E-state index is 13.4. The molecule has 0 aliphatic carbocycles. The van der Waals surface area contributed by atoms with Crippen molar-refractivity contribution in [3.05, 3.63) is 101 Å². The molecule has 0 spiro atoms. The number of imide groups is 1. The smallest absolute Gasteiger partial charge is 0.261 e. The van der Waals surface area contributed by atoms with Crippen LogP contribution in [0.5, 0.6) is 0 Å². The maximum Gasteiger partial charge on any atom is 0.261 e. The molecule has 178 valence electrons. The van der Waals surface area contributed by atoms with Gasteiger partial charge >= 0.3 is 0 Å². The molecule has 0 saturated carbocycles. The van der Waals surface area contributed by atoms with Crippen LogP contribution in [0.15, 0.2) is 83.8 Å². The Bertz CT molecular complexity index is 1210. The van der Waals surface area contributed by atoms with E-state index in [-0.39, 0.29) is 24.0 Å². The first-order valence-electron chi connectivity index (χ1n) is 11.8. The first-order chi connectivity index (χ1) is 17.1. The first kappa shape index (κ1) is 22.5. The summed E-state index contributed by atoms with van der Waals surface area (Å²) in [5, 5.41) is 0. The summed E-state index contributed by atoms with van der Waals surface area (Å²) in [4.78, 5) is 29.1. The Kier molecular flexibility index (Phi) is 5.94. The Morgan fingerprint density at radius 2 is 1.46 bits per heavy atom. The second-order valence-electron chi connectivity index (χ2n) is 9.05. The van der Waals surface area contributed by atoms with Gasteiger partial charge in [0.05, 0.1) is 29.9 Å². The molecule has 0 bridgehead atoms. The van der Waals surface area contributed by atoms with E-state index in [9.17, 15) is 9.59 Å². The summed E-state index contributed by atoms with van der Waals surface area (Å²) in [5.41, 5.74) is 2.53. The lowest BCUT2D eigenvalue weighted by Crippen LogP contribution is -2.58. The third-order valence-electron chi connectivity index (χ3n) is 6.72. The summed E-state index contributed by atoms with van der Waals surface area (Å²) < 4.78 is 18.8. The molecule has 3 aliphatic heterocycles. The zero-order chi connectivity index (χ0) is 23.9. The van der Waals surface area contributed by atoms with Crippen molar-refractivity contribution >= 4 is 23.6 Å². The zero-order valence-electron chi connectivity index (χ0n) is 19.2. The number of benzene rings is 3. The number of aryl methyl sites for hydroxylation is 1. The van der Waals surface area contributed by atoms with Gasteiger partial charge in [-0.1, -0.05) is 71.9 Å². The fraction of sp³-hybridized carbons (Fsp3) is 0.286. The number of rotatable bonds is 4. The number of hydrogen-bond acceptors (Lipinski definition) is 6. The summed E-state index contributed by atoms with van der Waals surface area (Å²) in [6.45, 7) is 2.42. The van der Waals surface area contributed by atoms with E-state index in [1.165, 1.54) is 16.7 Å². The molecular formula is C28H25NO5S. The van der Waals surface area contributed by atoms with Crippen molar-refractivity contribution in [2.75, 3.05) is 6.61 Å². The van der Waals surface area contributed by atoms with Crippen LogP contribution in [0.4, 0.5) is 0 Å². The molecule has 6 rings (SSSR count). The number of thioether (sulfide) groups is 1. The number of ether oxygens (including phenoxy) is 3. The van der Waals surface area contributed by atoms with Gasteiger partial charge in [-0.3, -0.25) is 14.5 Å². The van der Waals surface area contributed by atoms with Crippen LogP contribution >= 0.6 is 11.8 Å². The van der Waals surface area contributed by atoms with Gasteiger partial charge in [-0.15, -0.1) is 0 Å². The second kappa shape index (κ2) is 9.24. The van der Waals surface area contributed by atoms with E-state index < -0.39 is 17.8 Å². The average Bonchev–Trinajstić information content (AvgIpc) is 3.15. The molecule has 0 aromatic heterocycles. The van der Waals surface area contributed by atoms with Gasteiger partial charge in [-0.05, 0) is 31.2 Å². The maximum atomic E-state index is 13.4. The second-order valence-corrected chi connectivity index (χ2v) is 10.2. The highest BCUT2D eigenvalue weighted by Gasteiger charge is 2.50. The van der Waals surface area contributed by atoms with Crippen LogP contribution in [0, 0.1) is 6.92 Å². The van der Waals surface area contributed by atoms with Crippen molar-refractivity contribution in [3.8, 4) is 0 Å². The molecule has 2 unspecified atom stereocenters. The number of carbonyl (C=O) groups is 2. The van der Waals surface area contributed by atoms with Crippen molar-refractivity contribution in [1.82, 2.24) is 4.90 Å². The predicted octanol–water partition coefficient (Wildman–Crippen LogP) is 4.98. The third-order valence-corrected chi connectivity index (χ3v) is 7.93. The summed E-state index contributed by atoms with van der Waals surface area (Å²) >= 11 is 1.52. The fourth-order valence-electron chi connectivity index (χ4n) is 4.90. The minimum absolute atomic E-state index is 0.279. The molecule has 2 amide bonds. The molecule has 5 atom stereocenters. The van der Waals surface area contributed by atoms with Crippen LogP contribution in [-0.2, 0) is 14.2 Å². The predicted molar refractivity (Wildman–Crippen MR) is 131 cm³/mol. The summed E-state index contributed by atoms with van der Waals surface area (Å²) in [6, 6.07) is 24.4. The molecule has 3 heterocycles. The van der Waals surface area contributed by atoms with E-state index in [1.807, 2.05) is 61.5 Å². The Morgan fingerprint density at radius 1 is 0.800 bits per heavy atom. The average molecular weight is 488 g/mol. The van der Waals surface area contributed by atoms with E-state index in [4.69, 9.17) is 14.2 Å². The van der Waals surface area contributed by atoms with Gasteiger partial charge < -0.3 is 14.2 Å². The van der Waals surface area contributed by atoms with Crippen LogP contribution in [0.3, 0.4) is 0 Å². The topological polar surface area (TPSA) is 65.1 Å². The highest BCUT2D eigenvalue weighted by Crippen LogP contribution is 2.42. The van der Waals surface area contributed by atoms with E-state index in [2.05, 4.69) is 0 Å². The van der Waals surface area contributed by atoms with Crippen LogP contribution in [0.2, 0.25) is 0 Å². The Morgan fingerprint density at radius 3 is 2.14 bits per heavy atom. The van der Waals surface area contributed by atoms with Crippen molar-refractivity contribution in [1.29, 1.82) is 0 Å². The van der Waals surface area contributed by atoms with Crippen molar-refractivity contribution in [2.24, 2.45) is 0 Å². The largest absolute Gasteiger partial charge is 0.357 e. The highest BCUT2D eigenvalue weighted by molar-refractivity contribution is 7.99. The molecule has 35 heavy (non-hydrogen) atoms. The molecule has 3 aromatic rings. The van der Waals surface area contributed by atoms with Gasteiger partial charge in [0.25, 0.3) is 11.8 Å². The van der Waals surface area contributed by atoms with Crippen molar-refractivity contribution in [2.45, 2.75) is 48.2 Å². The summed E-state index contributed by atoms with van der Waals surface area (Å²) in [7, 11) is 0. The Balaban J connectivity index is 1.30. The summed E-state index contributed by atoms with van der Waals surface area (Å²) in [5.74, 6) is -0.558. The third kappa shape index (κ3) is 4.19. The minimum atomic E-state index is -0.509. The molecule has 0 radical (unpaired) electrons. The van der Waals surface area contributed by atoms with Crippen LogP contribution in [0.1, 0.15) is 44.6 Å². The van der Waals surface area contributed by atoms with E-state index in [0.717, 1.165) is 16.0 Å². The van der Waals surface area contributed by atoms with Gasteiger partial charge in [-0.25, -0.2) is 0 Å². The van der Waals surface area contributed by atoms with Crippen LogP contribution in [0.25, 0.3) is 0 Å². The SMILES string of the molecule is Cc1ccc(SC2O[C@@H]3COC(c4ccccc4)O[C@H]3C[C@H]2N2C(=O)c3ccccc3C2=O)cc1. The lowest BCUT2D eigenvalue weighted by molar-refractivity contribution is -0.286. The van der Waals surface area contributed by atoms with Crippen molar-refractivity contribution < 1.29 is 23.8 Å². The molecule has 2 fully saturated rings.